The largest absolute Gasteiger partial charge is 0.388 e. The fraction of sp³-hybridized carbons (Fsp3) is 0.500. The van der Waals surface area contributed by atoms with Crippen LogP contribution in [0.4, 0.5) is 11.4 Å². The maximum Gasteiger partial charge on any atom is 0.269 e. The fourth-order valence-electron chi connectivity index (χ4n) is 2.07. The third kappa shape index (κ3) is 2.96. The summed E-state index contributed by atoms with van der Waals surface area (Å²) in [6.07, 6.45) is 0. The van der Waals surface area contributed by atoms with Gasteiger partial charge < -0.3 is 10.1 Å². The second kappa shape index (κ2) is 5.79. The minimum Gasteiger partial charge on any atom is -0.388 e. The second-order valence-corrected chi connectivity index (χ2v) is 4.24. The van der Waals surface area contributed by atoms with Gasteiger partial charge in [-0.25, -0.2) is 0 Å². The summed E-state index contributed by atoms with van der Waals surface area (Å²) in [6, 6.07) is 4.92. The van der Waals surface area contributed by atoms with Gasteiger partial charge in [-0.2, -0.15) is 0 Å². The zero-order valence-electron chi connectivity index (χ0n) is 10.4. The molecule has 0 aromatic heterocycles. The minimum atomic E-state index is -0.359. The first-order chi connectivity index (χ1) is 8.70. The van der Waals surface area contributed by atoms with E-state index in [1.807, 2.05) is 7.05 Å². The van der Waals surface area contributed by atoms with Crippen molar-refractivity contribution in [1.29, 1.82) is 0 Å². The highest BCUT2D eigenvalue weighted by Gasteiger charge is 2.15. The van der Waals surface area contributed by atoms with Gasteiger partial charge in [0.2, 0.25) is 0 Å². The van der Waals surface area contributed by atoms with E-state index in [0.29, 0.717) is 6.54 Å². The Morgan fingerprint density at radius 1 is 1.44 bits per heavy atom. The van der Waals surface area contributed by atoms with Crippen LogP contribution in [0.25, 0.3) is 0 Å². The standard InChI is InChI=1S/C12H17N3O3/c1-13-12-3-2-11(15(16)17)8-10(12)9-14-4-6-18-7-5-14/h2-3,8,13H,4-7,9H2,1H3. The van der Waals surface area contributed by atoms with Crippen molar-refractivity contribution in [3.63, 3.8) is 0 Å². The topological polar surface area (TPSA) is 67.6 Å². The number of morpholine rings is 1. The van der Waals surface area contributed by atoms with Gasteiger partial charge in [0.15, 0.2) is 0 Å². The molecule has 1 aromatic carbocycles. The minimum absolute atomic E-state index is 0.136. The number of benzene rings is 1. The Kier molecular flexibility index (Phi) is 4.11. The summed E-state index contributed by atoms with van der Waals surface area (Å²) in [5, 5.41) is 13.9. The van der Waals surface area contributed by atoms with Gasteiger partial charge in [-0.3, -0.25) is 15.0 Å². The molecule has 1 N–H and O–H groups in total. The molecule has 1 saturated heterocycles. The SMILES string of the molecule is CNc1ccc([N+](=O)[O-])cc1CN1CCOCC1. The van der Waals surface area contributed by atoms with Gasteiger partial charge in [0.25, 0.3) is 5.69 Å². The Morgan fingerprint density at radius 3 is 2.78 bits per heavy atom. The molecule has 0 bridgehead atoms. The molecule has 98 valence electrons. The molecular formula is C12H17N3O3. The molecule has 6 nitrogen and oxygen atoms in total. The van der Waals surface area contributed by atoms with Crippen LogP contribution in [0.1, 0.15) is 5.56 Å². The van der Waals surface area contributed by atoms with Crippen LogP contribution in [0, 0.1) is 10.1 Å². The lowest BCUT2D eigenvalue weighted by molar-refractivity contribution is -0.384. The molecule has 1 fully saturated rings. The van der Waals surface area contributed by atoms with Crippen molar-refractivity contribution >= 4 is 11.4 Å². The molecule has 0 saturated carbocycles. The monoisotopic (exact) mass is 251 g/mol. The Bertz CT molecular complexity index is 431. The van der Waals surface area contributed by atoms with Crippen LogP contribution in [0.5, 0.6) is 0 Å². The molecule has 2 rings (SSSR count). The van der Waals surface area contributed by atoms with Crippen LogP contribution in [-0.2, 0) is 11.3 Å². The van der Waals surface area contributed by atoms with Crippen LogP contribution in [0.3, 0.4) is 0 Å². The van der Waals surface area contributed by atoms with E-state index in [1.54, 1.807) is 12.1 Å². The third-order valence-corrected chi connectivity index (χ3v) is 3.07. The summed E-state index contributed by atoms with van der Waals surface area (Å²) >= 11 is 0. The van der Waals surface area contributed by atoms with Crippen LogP contribution in [0.2, 0.25) is 0 Å². The zero-order chi connectivity index (χ0) is 13.0. The molecule has 0 amide bonds. The number of nitrogens with one attached hydrogen (secondary N) is 1. The van der Waals surface area contributed by atoms with Gasteiger partial charge in [-0.05, 0) is 11.6 Å². The summed E-state index contributed by atoms with van der Waals surface area (Å²) in [5.74, 6) is 0. The molecule has 0 unspecified atom stereocenters. The summed E-state index contributed by atoms with van der Waals surface area (Å²) in [7, 11) is 1.82. The van der Waals surface area contributed by atoms with Gasteiger partial charge in [0.1, 0.15) is 0 Å². The first-order valence-corrected chi connectivity index (χ1v) is 5.96. The van der Waals surface area contributed by atoms with E-state index in [4.69, 9.17) is 4.74 Å². The number of nitro benzene ring substituents is 1. The van der Waals surface area contributed by atoms with Crippen molar-refractivity contribution < 1.29 is 9.66 Å². The molecule has 1 aliphatic heterocycles. The van der Waals surface area contributed by atoms with Crippen LogP contribution >= 0.6 is 0 Å². The quantitative estimate of drug-likeness (QED) is 0.648. The molecule has 1 aromatic rings. The van der Waals surface area contributed by atoms with Crippen LogP contribution < -0.4 is 5.32 Å². The van der Waals surface area contributed by atoms with Crippen molar-refractivity contribution in [2.45, 2.75) is 6.54 Å². The Morgan fingerprint density at radius 2 is 2.17 bits per heavy atom. The van der Waals surface area contributed by atoms with Gasteiger partial charge in [-0.1, -0.05) is 0 Å². The molecule has 6 heteroatoms. The molecule has 0 spiro atoms. The number of non-ortho nitro benzene ring substituents is 1. The van der Waals surface area contributed by atoms with E-state index < -0.39 is 0 Å². The predicted molar refractivity (Wildman–Crippen MR) is 68.7 cm³/mol. The molecule has 0 atom stereocenters. The summed E-state index contributed by atoms with van der Waals surface area (Å²) in [4.78, 5) is 12.7. The average molecular weight is 251 g/mol. The maximum absolute atomic E-state index is 10.8. The number of hydrogen-bond acceptors (Lipinski definition) is 5. The van der Waals surface area contributed by atoms with Gasteiger partial charge in [-0.15, -0.1) is 0 Å². The van der Waals surface area contributed by atoms with E-state index in [2.05, 4.69) is 10.2 Å². The lowest BCUT2D eigenvalue weighted by atomic mass is 10.1. The van der Waals surface area contributed by atoms with E-state index >= 15 is 0 Å². The summed E-state index contributed by atoms with van der Waals surface area (Å²) < 4.78 is 5.29. The molecule has 1 heterocycles. The van der Waals surface area contributed by atoms with Crippen molar-refractivity contribution in [3.8, 4) is 0 Å². The first-order valence-electron chi connectivity index (χ1n) is 5.96. The summed E-state index contributed by atoms with van der Waals surface area (Å²) in [5.41, 5.74) is 2.03. The summed E-state index contributed by atoms with van der Waals surface area (Å²) in [6.45, 7) is 3.90. The first kappa shape index (κ1) is 12.8. The fourth-order valence-corrected chi connectivity index (χ4v) is 2.07. The number of ether oxygens (including phenoxy) is 1. The van der Waals surface area contributed by atoms with Crippen molar-refractivity contribution in [3.05, 3.63) is 33.9 Å². The second-order valence-electron chi connectivity index (χ2n) is 4.24. The normalized spacial score (nSPS) is 16.5. The van der Waals surface area contributed by atoms with Crippen molar-refractivity contribution in [2.24, 2.45) is 0 Å². The molecule has 0 radical (unpaired) electrons. The van der Waals surface area contributed by atoms with Gasteiger partial charge in [0.05, 0.1) is 18.1 Å². The van der Waals surface area contributed by atoms with Crippen molar-refractivity contribution in [1.82, 2.24) is 4.90 Å². The van der Waals surface area contributed by atoms with E-state index in [-0.39, 0.29) is 10.6 Å². The number of rotatable bonds is 4. The molecular weight excluding hydrogens is 234 g/mol. The molecule has 18 heavy (non-hydrogen) atoms. The smallest absolute Gasteiger partial charge is 0.269 e. The molecule has 0 aliphatic carbocycles. The van der Waals surface area contributed by atoms with Gasteiger partial charge >= 0.3 is 0 Å². The van der Waals surface area contributed by atoms with Gasteiger partial charge in [0, 0.05) is 44.5 Å². The van der Waals surface area contributed by atoms with E-state index in [9.17, 15) is 10.1 Å². The highest BCUT2D eigenvalue weighted by molar-refractivity contribution is 5.55. The lowest BCUT2D eigenvalue weighted by Crippen LogP contribution is -2.35. The number of anilines is 1. The van der Waals surface area contributed by atoms with Crippen LogP contribution in [0.15, 0.2) is 18.2 Å². The Hall–Kier alpha value is -1.66. The average Bonchev–Trinajstić information content (AvgIpc) is 2.39. The number of hydrogen-bond donors (Lipinski definition) is 1. The maximum atomic E-state index is 10.8. The van der Waals surface area contributed by atoms with E-state index in [1.165, 1.54) is 6.07 Å². The van der Waals surface area contributed by atoms with Crippen LogP contribution in [-0.4, -0.2) is 43.2 Å². The van der Waals surface area contributed by atoms with E-state index in [0.717, 1.165) is 37.6 Å². The number of nitrogens with zero attached hydrogens (tertiary/aromatic N) is 2. The molecule has 1 aliphatic rings. The Labute approximate surface area is 106 Å². The lowest BCUT2D eigenvalue weighted by Gasteiger charge is -2.27. The predicted octanol–water partition coefficient (Wildman–Crippen LogP) is 1.47. The number of nitro groups is 1. The van der Waals surface area contributed by atoms with Crippen molar-refractivity contribution in [2.75, 3.05) is 38.7 Å². The highest BCUT2D eigenvalue weighted by Crippen LogP contribution is 2.23. The zero-order valence-corrected chi connectivity index (χ0v) is 10.4. The highest BCUT2D eigenvalue weighted by atomic mass is 16.6. The third-order valence-electron chi connectivity index (χ3n) is 3.07. The Balaban J connectivity index is 2.17.